The second-order valence-corrected chi connectivity index (χ2v) is 5.31. The van der Waals surface area contributed by atoms with Gasteiger partial charge in [-0.05, 0) is 50.8 Å². The molecule has 1 aromatic rings. The van der Waals surface area contributed by atoms with Crippen LogP contribution in [0.1, 0.15) is 44.7 Å². The molecule has 0 aliphatic heterocycles. The molecule has 0 aromatic carbocycles. The summed E-state index contributed by atoms with van der Waals surface area (Å²) in [7, 11) is 1.62. The normalized spacial score (nSPS) is 27.2. The average molecular weight is 264 g/mol. The summed E-state index contributed by atoms with van der Waals surface area (Å²) < 4.78 is 5.32. The number of nitrogens with zero attached hydrogens (tertiary/aromatic N) is 1. The average Bonchev–Trinajstić information content (AvgIpc) is 2.47. The van der Waals surface area contributed by atoms with Crippen molar-refractivity contribution in [3.8, 4) is 5.75 Å². The molecule has 0 amide bonds. The highest BCUT2D eigenvalue weighted by atomic mass is 16.5. The molecule has 0 unspecified atom stereocenters. The van der Waals surface area contributed by atoms with Crippen LogP contribution in [0.2, 0.25) is 0 Å². The van der Waals surface area contributed by atoms with Crippen molar-refractivity contribution in [1.82, 2.24) is 10.3 Å². The SMILES string of the molecule is CCCNC1CCC(O)(c2ncccc2OC)CC1. The molecule has 2 N–H and O–H groups in total. The van der Waals surface area contributed by atoms with Crippen molar-refractivity contribution in [2.24, 2.45) is 0 Å². The van der Waals surface area contributed by atoms with Gasteiger partial charge in [-0.2, -0.15) is 0 Å². The van der Waals surface area contributed by atoms with Crippen LogP contribution in [0.15, 0.2) is 18.3 Å². The highest BCUT2D eigenvalue weighted by Gasteiger charge is 2.37. The molecule has 1 saturated carbocycles. The van der Waals surface area contributed by atoms with Crippen molar-refractivity contribution in [3.05, 3.63) is 24.0 Å². The summed E-state index contributed by atoms with van der Waals surface area (Å²) in [5.74, 6) is 0.685. The maximum atomic E-state index is 10.8. The molecule has 0 spiro atoms. The first kappa shape index (κ1) is 14.3. The summed E-state index contributed by atoms with van der Waals surface area (Å²) in [6, 6.07) is 4.22. The Morgan fingerprint density at radius 3 is 2.84 bits per heavy atom. The minimum absolute atomic E-state index is 0.523. The quantitative estimate of drug-likeness (QED) is 0.856. The molecule has 2 rings (SSSR count). The van der Waals surface area contributed by atoms with Crippen LogP contribution in [-0.2, 0) is 5.60 Å². The van der Waals surface area contributed by atoms with Crippen LogP contribution >= 0.6 is 0 Å². The van der Waals surface area contributed by atoms with Crippen molar-refractivity contribution >= 4 is 0 Å². The fourth-order valence-electron chi connectivity index (χ4n) is 2.79. The molecule has 1 fully saturated rings. The van der Waals surface area contributed by atoms with E-state index in [2.05, 4.69) is 17.2 Å². The van der Waals surface area contributed by atoms with E-state index in [0.29, 0.717) is 17.5 Å². The largest absolute Gasteiger partial charge is 0.495 e. The summed E-state index contributed by atoms with van der Waals surface area (Å²) in [5.41, 5.74) is -0.150. The Bertz CT molecular complexity index is 401. The van der Waals surface area contributed by atoms with Crippen LogP contribution in [0.4, 0.5) is 0 Å². The summed E-state index contributed by atoms with van der Waals surface area (Å²) in [4.78, 5) is 4.34. The highest BCUT2D eigenvalue weighted by molar-refractivity contribution is 5.32. The van der Waals surface area contributed by atoms with E-state index in [1.165, 1.54) is 0 Å². The lowest BCUT2D eigenvalue weighted by Crippen LogP contribution is -2.40. The Morgan fingerprint density at radius 2 is 2.21 bits per heavy atom. The number of hydrogen-bond donors (Lipinski definition) is 2. The van der Waals surface area contributed by atoms with E-state index in [-0.39, 0.29) is 0 Å². The Labute approximate surface area is 115 Å². The lowest BCUT2D eigenvalue weighted by atomic mass is 9.79. The Morgan fingerprint density at radius 1 is 1.47 bits per heavy atom. The van der Waals surface area contributed by atoms with Crippen LogP contribution < -0.4 is 10.1 Å². The summed E-state index contributed by atoms with van der Waals surface area (Å²) in [5, 5.41) is 14.4. The molecule has 1 aliphatic rings. The molecule has 4 heteroatoms. The third-order valence-corrected chi connectivity index (χ3v) is 3.93. The van der Waals surface area contributed by atoms with Crippen LogP contribution in [0, 0.1) is 0 Å². The van der Waals surface area contributed by atoms with Gasteiger partial charge in [0.05, 0.1) is 7.11 Å². The van der Waals surface area contributed by atoms with E-state index in [1.807, 2.05) is 12.1 Å². The summed E-state index contributed by atoms with van der Waals surface area (Å²) in [6.07, 6.45) is 6.31. The lowest BCUT2D eigenvalue weighted by Gasteiger charge is -2.36. The zero-order chi connectivity index (χ0) is 13.7. The van der Waals surface area contributed by atoms with Crippen LogP contribution in [0.5, 0.6) is 5.75 Å². The van der Waals surface area contributed by atoms with E-state index in [1.54, 1.807) is 13.3 Å². The van der Waals surface area contributed by atoms with Crippen LogP contribution in [0.25, 0.3) is 0 Å². The van der Waals surface area contributed by atoms with Gasteiger partial charge in [0.25, 0.3) is 0 Å². The Balaban J connectivity index is 2.05. The minimum atomic E-state index is -0.836. The maximum Gasteiger partial charge on any atom is 0.143 e. The zero-order valence-corrected chi connectivity index (χ0v) is 11.9. The van der Waals surface area contributed by atoms with E-state index < -0.39 is 5.60 Å². The first-order valence-corrected chi connectivity index (χ1v) is 7.15. The number of hydrogen-bond acceptors (Lipinski definition) is 4. The third kappa shape index (κ3) is 3.25. The van der Waals surface area contributed by atoms with Gasteiger partial charge in [0.2, 0.25) is 0 Å². The molecular formula is C15H24N2O2. The maximum absolute atomic E-state index is 10.8. The van der Waals surface area contributed by atoms with Crippen molar-refractivity contribution in [2.75, 3.05) is 13.7 Å². The molecule has 1 heterocycles. The molecule has 0 radical (unpaired) electrons. The van der Waals surface area contributed by atoms with Crippen LogP contribution in [-0.4, -0.2) is 29.8 Å². The van der Waals surface area contributed by atoms with Gasteiger partial charge >= 0.3 is 0 Å². The molecule has 0 saturated heterocycles. The number of nitrogens with one attached hydrogen (secondary N) is 1. The smallest absolute Gasteiger partial charge is 0.143 e. The molecule has 0 bridgehead atoms. The third-order valence-electron chi connectivity index (χ3n) is 3.93. The monoisotopic (exact) mass is 264 g/mol. The fourth-order valence-corrected chi connectivity index (χ4v) is 2.79. The van der Waals surface area contributed by atoms with Gasteiger partial charge in [0.1, 0.15) is 17.0 Å². The predicted molar refractivity (Wildman–Crippen MR) is 75.2 cm³/mol. The standard InChI is InChI=1S/C15H24N2O2/c1-3-10-16-12-6-8-15(18,9-7-12)14-13(19-2)5-4-11-17-14/h4-5,11-12,16,18H,3,6-10H2,1-2H3. The van der Waals surface area contributed by atoms with Gasteiger partial charge in [0.15, 0.2) is 0 Å². The topological polar surface area (TPSA) is 54.4 Å². The van der Waals surface area contributed by atoms with Crippen molar-refractivity contribution < 1.29 is 9.84 Å². The highest BCUT2D eigenvalue weighted by Crippen LogP contribution is 2.39. The van der Waals surface area contributed by atoms with E-state index in [0.717, 1.165) is 38.6 Å². The first-order valence-electron chi connectivity index (χ1n) is 7.15. The molecular weight excluding hydrogens is 240 g/mol. The second kappa shape index (κ2) is 6.35. The summed E-state index contributed by atoms with van der Waals surface area (Å²) in [6.45, 7) is 3.22. The Hall–Kier alpha value is -1.13. The molecule has 1 aromatic heterocycles. The minimum Gasteiger partial charge on any atom is -0.495 e. The zero-order valence-electron chi connectivity index (χ0n) is 11.9. The predicted octanol–water partition coefficient (Wildman–Crippen LogP) is 2.22. The number of rotatable bonds is 5. The second-order valence-electron chi connectivity index (χ2n) is 5.31. The number of methoxy groups -OCH3 is 1. The molecule has 19 heavy (non-hydrogen) atoms. The molecule has 106 valence electrons. The number of pyridine rings is 1. The van der Waals surface area contributed by atoms with E-state index >= 15 is 0 Å². The molecule has 0 atom stereocenters. The molecule has 1 aliphatic carbocycles. The summed E-state index contributed by atoms with van der Waals surface area (Å²) >= 11 is 0. The van der Waals surface area contributed by atoms with Gasteiger partial charge in [-0.25, -0.2) is 0 Å². The Kier molecular flexibility index (Phi) is 4.77. The van der Waals surface area contributed by atoms with Gasteiger partial charge in [-0.15, -0.1) is 0 Å². The fraction of sp³-hybridized carbons (Fsp3) is 0.667. The number of aliphatic hydroxyl groups is 1. The van der Waals surface area contributed by atoms with E-state index in [4.69, 9.17) is 4.74 Å². The van der Waals surface area contributed by atoms with Crippen LogP contribution in [0.3, 0.4) is 0 Å². The van der Waals surface area contributed by atoms with Gasteiger partial charge < -0.3 is 15.2 Å². The lowest BCUT2D eigenvalue weighted by molar-refractivity contribution is -0.0140. The number of aromatic nitrogens is 1. The number of ether oxygens (including phenoxy) is 1. The van der Waals surface area contributed by atoms with Gasteiger partial charge in [0, 0.05) is 12.2 Å². The van der Waals surface area contributed by atoms with Crippen molar-refractivity contribution in [2.45, 2.75) is 50.7 Å². The first-order chi connectivity index (χ1) is 9.19. The van der Waals surface area contributed by atoms with Gasteiger partial charge in [-0.1, -0.05) is 6.92 Å². The van der Waals surface area contributed by atoms with Gasteiger partial charge in [-0.3, -0.25) is 4.98 Å². The van der Waals surface area contributed by atoms with Crippen molar-refractivity contribution in [3.63, 3.8) is 0 Å². The van der Waals surface area contributed by atoms with E-state index in [9.17, 15) is 5.11 Å². The van der Waals surface area contributed by atoms with Crippen molar-refractivity contribution in [1.29, 1.82) is 0 Å². The molecule has 4 nitrogen and oxygen atoms in total.